The Bertz CT molecular complexity index is 255. The summed E-state index contributed by atoms with van der Waals surface area (Å²) in [6.45, 7) is 10.1. The molecule has 3 atom stereocenters. The molecular weight excluding hydrogens is 226 g/mol. The first kappa shape index (κ1) is 15.4. The predicted molar refractivity (Wildman–Crippen MR) is 75.3 cm³/mol. The van der Waals surface area contributed by atoms with Crippen LogP contribution in [0, 0.1) is 5.92 Å². The fourth-order valence-corrected chi connectivity index (χ4v) is 2.96. The molecule has 1 amide bonds. The summed E-state index contributed by atoms with van der Waals surface area (Å²) in [6.07, 6.45) is 4.24. The van der Waals surface area contributed by atoms with Crippen LogP contribution in [0.3, 0.4) is 0 Å². The first-order chi connectivity index (χ1) is 8.52. The molecule has 18 heavy (non-hydrogen) atoms. The Kier molecular flexibility index (Phi) is 6.65. The van der Waals surface area contributed by atoms with Crippen molar-refractivity contribution in [2.75, 3.05) is 19.6 Å². The van der Waals surface area contributed by atoms with Crippen LogP contribution in [-0.2, 0) is 4.79 Å². The maximum absolute atomic E-state index is 10.9. The second-order valence-corrected chi connectivity index (χ2v) is 5.73. The maximum Gasteiger partial charge on any atom is 0.218 e. The van der Waals surface area contributed by atoms with Gasteiger partial charge in [-0.25, -0.2) is 0 Å². The van der Waals surface area contributed by atoms with Crippen molar-refractivity contribution in [1.29, 1.82) is 0 Å². The van der Waals surface area contributed by atoms with E-state index in [9.17, 15) is 4.79 Å². The highest BCUT2D eigenvalue weighted by Gasteiger charge is 2.25. The minimum atomic E-state index is -0.224. The van der Waals surface area contributed by atoms with Gasteiger partial charge >= 0.3 is 0 Å². The van der Waals surface area contributed by atoms with Gasteiger partial charge in [-0.1, -0.05) is 6.92 Å². The van der Waals surface area contributed by atoms with Gasteiger partial charge in [0.15, 0.2) is 0 Å². The van der Waals surface area contributed by atoms with Crippen LogP contribution in [0.25, 0.3) is 0 Å². The maximum atomic E-state index is 10.9. The fourth-order valence-electron chi connectivity index (χ4n) is 2.96. The number of carbonyl (C=O) groups is 1. The molecule has 106 valence electrons. The van der Waals surface area contributed by atoms with Gasteiger partial charge in [0.2, 0.25) is 5.91 Å². The van der Waals surface area contributed by atoms with Crippen LogP contribution in [0.1, 0.15) is 46.5 Å². The van der Waals surface area contributed by atoms with E-state index in [1.54, 1.807) is 0 Å². The number of primary amides is 1. The molecule has 0 aromatic heterocycles. The van der Waals surface area contributed by atoms with Crippen molar-refractivity contribution >= 4 is 5.91 Å². The number of hydrogen-bond acceptors (Lipinski definition) is 3. The van der Waals surface area contributed by atoms with E-state index in [1.165, 1.54) is 38.9 Å². The molecule has 3 unspecified atom stereocenters. The molecule has 0 bridgehead atoms. The first-order valence-electron chi connectivity index (χ1n) is 7.29. The van der Waals surface area contributed by atoms with Crippen molar-refractivity contribution < 1.29 is 4.79 Å². The molecule has 1 aliphatic rings. The van der Waals surface area contributed by atoms with E-state index in [0.29, 0.717) is 18.4 Å². The van der Waals surface area contributed by atoms with Crippen molar-refractivity contribution in [3.05, 3.63) is 0 Å². The van der Waals surface area contributed by atoms with Gasteiger partial charge < -0.3 is 16.0 Å². The summed E-state index contributed by atoms with van der Waals surface area (Å²) >= 11 is 0. The van der Waals surface area contributed by atoms with Gasteiger partial charge in [0.05, 0.1) is 0 Å². The lowest BCUT2D eigenvalue weighted by molar-refractivity contribution is -0.118. The molecular formula is C14H29N3O. The van der Waals surface area contributed by atoms with E-state index in [0.717, 1.165) is 0 Å². The minimum Gasteiger partial charge on any atom is -0.370 e. The van der Waals surface area contributed by atoms with Crippen molar-refractivity contribution in [2.24, 2.45) is 11.7 Å². The molecule has 0 radical (unpaired) electrons. The van der Waals surface area contributed by atoms with Gasteiger partial charge in [-0.05, 0) is 52.1 Å². The SMILES string of the molecule is CCCN1CCCC(C(C)NC(C)CC(N)=O)C1. The number of likely N-dealkylation sites (tertiary alicyclic amines) is 1. The summed E-state index contributed by atoms with van der Waals surface area (Å²) in [5.74, 6) is 0.471. The molecule has 1 rings (SSSR count). The molecule has 0 aromatic carbocycles. The number of nitrogens with two attached hydrogens (primary N) is 1. The van der Waals surface area contributed by atoms with Crippen molar-refractivity contribution in [1.82, 2.24) is 10.2 Å². The Morgan fingerprint density at radius 3 is 2.83 bits per heavy atom. The number of carbonyl (C=O) groups excluding carboxylic acids is 1. The highest BCUT2D eigenvalue weighted by molar-refractivity contribution is 5.74. The van der Waals surface area contributed by atoms with E-state index >= 15 is 0 Å². The van der Waals surface area contributed by atoms with Crippen LogP contribution in [-0.4, -0.2) is 42.5 Å². The second kappa shape index (κ2) is 7.74. The number of hydrogen-bond donors (Lipinski definition) is 2. The Labute approximate surface area is 111 Å². The zero-order valence-electron chi connectivity index (χ0n) is 12.1. The Balaban J connectivity index is 2.35. The van der Waals surface area contributed by atoms with Gasteiger partial charge in [0.1, 0.15) is 0 Å². The average molecular weight is 255 g/mol. The molecule has 3 N–H and O–H groups in total. The molecule has 0 saturated carbocycles. The number of amides is 1. The molecule has 0 spiro atoms. The molecule has 1 fully saturated rings. The lowest BCUT2D eigenvalue weighted by atomic mass is 9.91. The predicted octanol–water partition coefficient (Wildman–Crippen LogP) is 1.35. The van der Waals surface area contributed by atoms with Crippen LogP contribution in [0.2, 0.25) is 0 Å². The van der Waals surface area contributed by atoms with E-state index in [2.05, 4.69) is 24.1 Å². The molecule has 0 aliphatic carbocycles. The van der Waals surface area contributed by atoms with Crippen molar-refractivity contribution in [2.45, 2.75) is 58.5 Å². The van der Waals surface area contributed by atoms with E-state index in [-0.39, 0.29) is 11.9 Å². The summed E-state index contributed by atoms with van der Waals surface area (Å²) in [5, 5.41) is 3.52. The largest absolute Gasteiger partial charge is 0.370 e. The molecule has 4 nitrogen and oxygen atoms in total. The normalized spacial score (nSPS) is 24.7. The van der Waals surface area contributed by atoms with Gasteiger partial charge in [-0.2, -0.15) is 0 Å². The Morgan fingerprint density at radius 2 is 2.22 bits per heavy atom. The van der Waals surface area contributed by atoms with Gasteiger partial charge in [0.25, 0.3) is 0 Å². The monoisotopic (exact) mass is 255 g/mol. The third-order valence-electron chi connectivity index (χ3n) is 3.84. The van der Waals surface area contributed by atoms with Crippen LogP contribution in [0.4, 0.5) is 0 Å². The summed E-state index contributed by atoms with van der Waals surface area (Å²) in [7, 11) is 0. The van der Waals surface area contributed by atoms with Crippen LogP contribution in [0.5, 0.6) is 0 Å². The number of nitrogens with one attached hydrogen (secondary N) is 1. The summed E-state index contributed by atoms with van der Waals surface area (Å²) < 4.78 is 0. The molecule has 1 aliphatic heterocycles. The van der Waals surface area contributed by atoms with Crippen LogP contribution < -0.4 is 11.1 Å². The van der Waals surface area contributed by atoms with E-state index < -0.39 is 0 Å². The first-order valence-corrected chi connectivity index (χ1v) is 7.29. The number of piperidine rings is 1. The third kappa shape index (κ3) is 5.36. The second-order valence-electron chi connectivity index (χ2n) is 5.73. The summed E-state index contributed by atoms with van der Waals surface area (Å²) in [6, 6.07) is 0.637. The smallest absolute Gasteiger partial charge is 0.218 e. The highest BCUT2D eigenvalue weighted by atomic mass is 16.1. The summed E-state index contributed by atoms with van der Waals surface area (Å²) in [4.78, 5) is 13.4. The molecule has 4 heteroatoms. The molecule has 0 aromatic rings. The zero-order chi connectivity index (χ0) is 13.5. The lowest BCUT2D eigenvalue weighted by Gasteiger charge is -2.37. The van der Waals surface area contributed by atoms with E-state index in [1.807, 2.05) is 6.92 Å². The van der Waals surface area contributed by atoms with Gasteiger partial charge in [-0.15, -0.1) is 0 Å². The van der Waals surface area contributed by atoms with Gasteiger partial charge in [0, 0.05) is 25.0 Å². The van der Waals surface area contributed by atoms with E-state index in [4.69, 9.17) is 5.73 Å². The third-order valence-corrected chi connectivity index (χ3v) is 3.84. The van der Waals surface area contributed by atoms with Crippen molar-refractivity contribution in [3.8, 4) is 0 Å². The average Bonchev–Trinajstić information content (AvgIpc) is 2.28. The highest BCUT2D eigenvalue weighted by Crippen LogP contribution is 2.20. The van der Waals surface area contributed by atoms with Crippen molar-refractivity contribution in [3.63, 3.8) is 0 Å². The Morgan fingerprint density at radius 1 is 1.50 bits per heavy atom. The standard InChI is InChI=1S/C14H29N3O/c1-4-7-17-8-5-6-13(10-17)12(3)16-11(2)9-14(15)18/h11-13,16H,4-10H2,1-3H3,(H2,15,18). The lowest BCUT2D eigenvalue weighted by Crippen LogP contribution is -2.47. The minimum absolute atomic E-state index is 0.180. The van der Waals surface area contributed by atoms with Crippen LogP contribution in [0.15, 0.2) is 0 Å². The fraction of sp³-hybridized carbons (Fsp3) is 0.929. The zero-order valence-corrected chi connectivity index (χ0v) is 12.1. The number of nitrogens with zero attached hydrogens (tertiary/aromatic N) is 1. The topological polar surface area (TPSA) is 58.4 Å². The quantitative estimate of drug-likeness (QED) is 0.722. The molecule has 1 heterocycles. The van der Waals surface area contributed by atoms with Crippen LogP contribution >= 0.6 is 0 Å². The number of rotatable bonds is 7. The van der Waals surface area contributed by atoms with Gasteiger partial charge in [-0.3, -0.25) is 4.79 Å². The Hall–Kier alpha value is -0.610. The molecule has 1 saturated heterocycles. The summed E-state index contributed by atoms with van der Waals surface area (Å²) in [5.41, 5.74) is 5.22.